The second-order valence-electron chi connectivity index (χ2n) is 7.30. The van der Waals surface area contributed by atoms with Crippen molar-refractivity contribution in [1.29, 1.82) is 0 Å². The van der Waals surface area contributed by atoms with Gasteiger partial charge in [0, 0.05) is 43.3 Å². The van der Waals surface area contributed by atoms with Gasteiger partial charge in [-0.2, -0.15) is 0 Å². The molecular weight excluding hydrogens is 364 g/mol. The molecule has 2 aromatic rings. The highest BCUT2D eigenvalue weighted by Crippen LogP contribution is 2.29. The van der Waals surface area contributed by atoms with Gasteiger partial charge in [-0.1, -0.05) is 6.42 Å². The highest BCUT2D eigenvalue weighted by atomic mass is 32.2. The van der Waals surface area contributed by atoms with Crippen molar-refractivity contribution in [1.82, 2.24) is 9.62 Å². The molecule has 2 atom stereocenters. The van der Waals surface area contributed by atoms with Crippen LogP contribution < -0.4 is 5.32 Å². The van der Waals surface area contributed by atoms with E-state index < -0.39 is 11.4 Å². The number of ether oxygens (including phenoxy) is 1. The number of amides is 1. The monoisotopic (exact) mass is 390 g/mol. The van der Waals surface area contributed by atoms with Crippen LogP contribution in [0.3, 0.4) is 0 Å². The average Bonchev–Trinajstić information content (AvgIpc) is 3.34. The van der Waals surface area contributed by atoms with Gasteiger partial charge in [0.2, 0.25) is 0 Å². The van der Waals surface area contributed by atoms with Crippen LogP contribution in [0.5, 0.6) is 0 Å². The number of nitrogens with one attached hydrogen (secondary N) is 1. The summed E-state index contributed by atoms with van der Waals surface area (Å²) in [6, 6.07) is 5.55. The average molecular weight is 391 g/mol. The van der Waals surface area contributed by atoms with E-state index in [1.165, 1.54) is 6.42 Å². The van der Waals surface area contributed by atoms with E-state index in [9.17, 15) is 9.35 Å². The molecule has 1 amide bonds. The maximum atomic E-state index is 12.9. The number of aryl methyl sites for hydroxylation is 1. The SMILES string of the molecule is Cc1c(C(=O)NCC2CCCO2)oc2ccc([S+]([O-])N3CCCCC3)cc12. The first-order valence-corrected chi connectivity index (χ1v) is 10.8. The van der Waals surface area contributed by atoms with Crippen molar-refractivity contribution in [3.8, 4) is 0 Å². The molecule has 2 aliphatic rings. The molecule has 4 rings (SSSR count). The molecule has 27 heavy (non-hydrogen) atoms. The van der Waals surface area contributed by atoms with E-state index in [2.05, 4.69) is 5.32 Å². The third-order valence-electron chi connectivity index (χ3n) is 5.38. The maximum Gasteiger partial charge on any atom is 0.287 e. The summed E-state index contributed by atoms with van der Waals surface area (Å²) in [4.78, 5) is 13.3. The fraction of sp³-hybridized carbons (Fsp3) is 0.550. The van der Waals surface area contributed by atoms with Gasteiger partial charge in [-0.3, -0.25) is 4.79 Å². The largest absolute Gasteiger partial charge is 0.593 e. The molecule has 7 heteroatoms. The third-order valence-corrected chi connectivity index (χ3v) is 6.87. The molecule has 2 saturated heterocycles. The molecule has 3 heterocycles. The molecule has 2 unspecified atom stereocenters. The Morgan fingerprint density at radius 2 is 2.11 bits per heavy atom. The van der Waals surface area contributed by atoms with Crippen LogP contribution in [-0.4, -0.2) is 47.1 Å². The maximum absolute atomic E-state index is 12.9. The number of hydrogen-bond donors (Lipinski definition) is 1. The van der Waals surface area contributed by atoms with Gasteiger partial charge in [-0.05, 0) is 44.7 Å². The molecule has 6 nitrogen and oxygen atoms in total. The van der Waals surface area contributed by atoms with Crippen molar-refractivity contribution in [3.63, 3.8) is 0 Å². The number of nitrogens with zero attached hydrogens (tertiary/aromatic N) is 1. The Morgan fingerprint density at radius 1 is 1.30 bits per heavy atom. The molecule has 2 aliphatic heterocycles. The first-order chi connectivity index (χ1) is 13.1. The van der Waals surface area contributed by atoms with Gasteiger partial charge in [-0.25, -0.2) is 0 Å². The van der Waals surface area contributed by atoms with Gasteiger partial charge in [0.25, 0.3) is 5.91 Å². The summed E-state index contributed by atoms with van der Waals surface area (Å²) in [5.74, 6) is 0.0989. The number of benzene rings is 1. The van der Waals surface area contributed by atoms with E-state index in [0.717, 1.165) is 61.2 Å². The van der Waals surface area contributed by atoms with Gasteiger partial charge in [0.15, 0.2) is 10.7 Å². The molecule has 1 N–H and O–H groups in total. The Kier molecular flexibility index (Phi) is 5.73. The number of piperidine rings is 1. The van der Waals surface area contributed by atoms with E-state index >= 15 is 0 Å². The summed E-state index contributed by atoms with van der Waals surface area (Å²) in [5, 5.41) is 3.75. The van der Waals surface area contributed by atoms with E-state index in [4.69, 9.17) is 9.15 Å². The highest BCUT2D eigenvalue weighted by molar-refractivity contribution is 7.89. The quantitative estimate of drug-likeness (QED) is 0.794. The van der Waals surface area contributed by atoms with Crippen LogP contribution >= 0.6 is 0 Å². The van der Waals surface area contributed by atoms with Crippen LogP contribution in [-0.2, 0) is 16.1 Å². The first kappa shape index (κ1) is 18.8. The standard InChI is InChI=1S/C20H26N2O4S/c1-14-17-12-16(27(24)22-9-3-2-4-10-22)7-8-18(17)26-19(14)20(23)21-13-15-6-5-11-25-15/h7-8,12,15H,2-6,9-11,13H2,1H3,(H,21,23). The molecule has 1 aromatic heterocycles. The fourth-order valence-electron chi connectivity index (χ4n) is 3.80. The first-order valence-electron chi connectivity index (χ1n) is 9.73. The Labute approximate surface area is 162 Å². The van der Waals surface area contributed by atoms with Gasteiger partial charge in [0.05, 0.1) is 17.5 Å². The smallest absolute Gasteiger partial charge is 0.287 e. The summed E-state index contributed by atoms with van der Waals surface area (Å²) < 4.78 is 26.2. The second-order valence-corrected chi connectivity index (χ2v) is 8.78. The minimum atomic E-state index is -1.17. The Morgan fingerprint density at radius 3 is 2.85 bits per heavy atom. The lowest BCUT2D eigenvalue weighted by molar-refractivity contribution is 0.0836. The van der Waals surface area contributed by atoms with Gasteiger partial charge < -0.3 is 19.0 Å². The van der Waals surface area contributed by atoms with Crippen molar-refractivity contribution >= 4 is 28.2 Å². The van der Waals surface area contributed by atoms with Crippen LogP contribution in [0.15, 0.2) is 27.5 Å². The lowest BCUT2D eigenvalue weighted by atomic mass is 10.1. The molecule has 1 aromatic carbocycles. The Balaban J connectivity index is 1.51. The van der Waals surface area contributed by atoms with Crippen LogP contribution in [0.1, 0.15) is 48.2 Å². The zero-order valence-electron chi connectivity index (χ0n) is 15.7. The van der Waals surface area contributed by atoms with Crippen LogP contribution in [0, 0.1) is 6.92 Å². The Hall–Kier alpha value is -1.54. The molecular formula is C20H26N2O4S. The third kappa shape index (κ3) is 4.01. The van der Waals surface area contributed by atoms with E-state index in [-0.39, 0.29) is 12.0 Å². The summed E-state index contributed by atoms with van der Waals surface area (Å²) in [6.45, 7) is 4.87. The van der Waals surface area contributed by atoms with Gasteiger partial charge in [0.1, 0.15) is 5.58 Å². The highest BCUT2D eigenvalue weighted by Gasteiger charge is 2.26. The molecule has 0 saturated carbocycles. The Bertz CT molecular complexity index is 810. The molecule has 0 radical (unpaired) electrons. The van der Waals surface area contributed by atoms with Crippen molar-refractivity contribution in [2.45, 2.75) is 50.0 Å². The fourth-order valence-corrected chi connectivity index (χ4v) is 5.09. The van der Waals surface area contributed by atoms with Crippen molar-refractivity contribution in [2.75, 3.05) is 26.2 Å². The lowest BCUT2D eigenvalue weighted by Gasteiger charge is -2.27. The normalized spacial score (nSPS) is 22.2. The van der Waals surface area contributed by atoms with Crippen LogP contribution in [0.25, 0.3) is 11.0 Å². The van der Waals surface area contributed by atoms with Crippen LogP contribution in [0.4, 0.5) is 0 Å². The van der Waals surface area contributed by atoms with Crippen molar-refractivity contribution in [3.05, 3.63) is 29.5 Å². The molecule has 0 aliphatic carbocycles. The van der Waals surface area contributed by atoms with Gasteiger partial charge in [-0.15, -0.1) is 4.31 Å². The summed E-state index contributed by atoms with van der Waals surface area (Å²) in [5.41, 5.74) is 1.43. The molecule has 146 valence electrons. The number of hydrogen-bond acceptors (Lipinski definition) is 5. The zero-order chi connectivity index (χ0) is 18.8. The minimum Gasteiger partial charge on any atom is -0.593 e. The summed E-state index contributed by atoms with van der Waals surface area (Å²) in [6.07, 6.45) is 5.50. The number of furan rings is 1. The van der Waals surface area contributed by atoms with Crippen molar-refractivity contribution in [2.24, 2.45) is 0 Å². The summed E-state index contributed by atoms with van der Waals surface area (Å²) >= 11 is -1.17. The van der Waals surface area contributed by atoms with E-state index in [0.29, 0.717) is 17.9 Å². The topological polar surface area (TPSA) is 77.8 Å². The number of carbonyl (C=O) groups excluding carboxylic acids is 1. The number of carbonyl (C=O) groups is 1. The van der Waals surface area contributed by atoms with Crippen LogP contribution in [0.2, 0.25) is 0 Å². The van der Waals surface area contributed by atoms with Gasteiger partial charge >= 0.3 is 0 Å². The zero-order valence-corrected chi connectivity index (χ0v) is 16.5. The molecule has 0 spiro atoms. The van der Waals surface area contributed by atoms with E-state index in [1.54, 1.807) is 0 Å². The summed E-state index contributed by atoms with van der Waals surface area (Å²) in [7, 11) is 0. The predicted molar refractivity (Wildman–Crippen MR) is 104 cm³/mol. The van der Waals surface area contributed by atoms with Crippen molar-refractivity contribution < 1.29 is 18.5 Å². The molecule has 2 fully saturated rings. The predicted octanol–water partition coefficient (Wildman–Crippen LogP) is 3.16. The second kappa shape index (κ2) is 8.22. The number of fused-ring (bicyclic) bond motifs is 1. The number of rotatable bonds is 5. The van der Waals surface area contributed by atoms with E-state index in [1.807, 2.05) is 29.4 Å². The minimum absolute atomic E-state index is 0.0946. The molecule has 0 bridgehead atoms. The lowest BCUT2D eigenvalue weighted by Crippen LogP contribution is -2.35.